The number of H-pyrrole nitrogens is 1. The Morgan fingerprint density at radius 1 is 1.12 bits per heavy atom. The molecule has 0 amide bonds. The second-order valence-electron chi connectivity index (χ2n) is 7.20. The number of aromatic amines is 1. The average Bonchev–Trinajstić information content (AvgIpc) is 3.27. The summed E-state index contributed by atoms with van der Waals surface area (Å²) in [6, 6.07) is 7.66. The molecule has 1 fully saturated rings. The third-order valence-corrected chi connectivity index (χ3v) is 6.73. The first kappa shape index (κ1) is 14.9. The van der Waals surface area contributed by atoms with E-state index in [1.165, 1.54) is 72.1 Å². The van der Waals surface area contributed by atoms with Crippen LogP contribution in [0, 0.1) is 0 Å². The van der Waals surface area contributed by atoms with Crippen molar-refractivity contribution in [1.29, 1.82) is 0 Å². The summed E-state index contributed by atoms with van der Waals surface area (Å²) in [4.78, 5) is 6.14. The van der Waals surface area contributed by atoms with E-state index in [2.05, 4.69) is 46.4 Å². The average molecular weight is 337 g/mol. The summed E-state index contributed by atoms with van der Waals surface area (Å²) in [5.74, 6) is 2.42. The molecule has 1 aromatic carbocycles. The summed E-state index contributed by atoms with van der Waals surface area (Å²) in [5, 5.41) is 1.41. The van der Waals surface area contributed by atoms with Gasteiger partial charge in [-0.2, -0.15) is 11.8 Å². The third-order valence-electron chi connectivity index (χ3n) is 5.84. The van der Waals surface area contributed by atoms with Gasteiger partial charge in [0, 0.05) is 41.0 Å². The van der Waals surface area contributed by atoms with Gasteiger partial charge in [0.2, 0.25) is 0 Å². The highest BCUT2D eigenvalue weighted by atomic mass is 32.2. The van der Waals surface area contributed by atoms with E-state index in [1.54, 1.807) is 5.57 Å². The summed E-state index contributed by atoms with van der Waals surface area (Å²) < 4.78 is 0. The minimum absolute atomic E-state index is 0.681. The molecule has 24 heavy (non-hydrogen) atoms. The van der Waals surface area contributed by atoms with Crippen molar-refractivity contribution in [1.82, 2.24) is 9.88 Å². The molecule has 2 nitrogen and oxygen atoms in total. The predicted molar refractivity (Wildman–Crippen MR) is 105 cm³/mol. The number of hydrogen-bond donors (Lipinski definition) is 1. The van der Waals surface area contributed by atoms with Crippen LogP contribution in [-0.4, -0.2) is 40.5 Å². The van der Waals surface area contributed by atoms with E-state index in [1.807, 2.05) is 11.8 Å². The van der Waals surface area contributed by atoms with Crippen LogP contribution in [0.1, 0.15) is 36.8 Å². The van der Waals surface area contributed by atoms with Gasteiger partial charge in [-0.05, 0) is 66.8 Å². The van der Waals surface area contributed by atoms with E-state index in [0.717, 1.165) is 5.75 Å². The van der Waals surface area contributed by atoms with E-state index in [9.17, 15) is 0 Å². The number of thioether (sulfide) groups is 1. The van der Waals surface area contributed by atoms with Crippen molar-refractivity contribution in [3.8, 4) is 0 Å². The van der Waals surface area contributed by atoms with Crippen LogP contribution in [0.3, 0.4) is 0 Å². The molecule has 3 heteroatoms. The fraction of sp³-hybridized carbons (Fsp3) is 0.429. The maximum absolute atomic E-state index is 3.50. The van der Waals surface area contributed by atoms with E-state index in [0.29, 0.717) is 6.04 Å². The van der Waals surface area contributed by atoms with Crippen LogP contribution in [0.4, 0.5) is 0 Å². The standard InChI is InChI=1S/C21H24N2S/c1-2-18-12-17(5-9-23(18)8-1)20-14-22-21-4-3-16(13-19(20)21)15-6-10-24-11-7-15/h3-4,6,12-14,18,22H,1-2,5,7-11H2/t18-/m1/s1. The number of hydrogen-bond acceptors (Lipinski definition) is 2. The molecule has 1 saturated heterocycles. The van der Waals surface area contributed by atoms with Gasteiger partial charge in [-0.25, -0.2) is 0 Å². The lowest BCUT2D eigenvalue weighted by Crippen LogP contribution is -2.32. The first-order valence-electron chi connectivity index (χ1n) is 9.22. The molecule has 1 N–H and O–H groups in total. The molecule has 0 radical (unpaired) electrons. The van der Waals surface area contributed by atoms with Crippen LogP contribution in [0.5, 0.6) is 0 Å². The van der Waals surface area contributed by atoms with Crippen LogP contribution in [0.15, 0.2) is 36.5 Å². The topological polar surface area (TPSA) is 19.0 Å². The highest BCUT2D eigenvalue weighted by molar-refractivity contribution is 7.99. The molecular formula is C21H24N2S. The van der Waals surface area contributed by atoms with Gasteiger partial charge in [0.25, 0.3) is 0 Å². The Morgan fingerprint density at radius 2 is 2.12 bits per heavy atom. The zero-order valence-electron chi connectivity index (χ0n) is 14.1. The maximum atomic E-state index is 3.50. The summed E-state index contributed by atoms with van der Waals surface area (Å²) in [6.07, 6.45) is 12.3. The van der Waals surface area contributed by atoms with Crippen LogP contribution in [0.25, 0.3) is 22.0 Å². The van der Waals surface area contributed by atoms with Gasteiger partial charge in [-0.1, -0.05) is 18.2 Å². The first-order valence-corrected chi connectivity index (χ1v) is 10.4. The lowest BCUT2D eigenvalue weighted by Gasteiger charge is -2.28. The second-order valence-corrected chi connectivity index (χ2v) is 8.35. The number of fused-ring (bicyclic) bond motifs is 2. The number of allylic oxidation sites excluding steroid dienone is 1. The Hall–Kier alpha value is -1.45. The molecule has 4 heterocycles. The monoisotopic (exact) mass is 336 g/mol. The van der Waals surface area contributed by atoms with Gasteiger partial charge in [0.05, 0.1) is 0 Å². The molecule has 1 atom stereocenters. The molecule has 5 rings (SSSR count). The SMILES string of the molecule is C1=C(c2ccc3[nH]cc(C4=C[C@H]5CCCN5CC4)c3c2)CCSC1. The molecule has 3 aliphatic heterocycles. The smallest absolute Gasteiger partial charge is 0.0460 e. The molecule has 1 aromatic heterocycles. The normalized spacial score (nSPS) is 24.8. The number of aromatic nitrogens is 1. The van der Waals surface area contributed by atoms with Crippen molar-refractivity contribution in [3.05, 3.63) is 47.7 Å². The molecule has 3 aliphatic rings. The third kappa shape index (κ3) is 2.55. The lowest BCUT2D eigenvalue weighted by molar-refractivity contribution is 0.288. The van der Waals surface area contributed by atoms with Gasteiger partial charge in [0.15, 0.2) is 0 Å². The van der Waals surface area contributed by atoms with Crippen molar-refractivity contribution in [2.45, 2.75) is 31.7 Å². The van der Waals surface area contributed by atoms with Gasteiger partial charge in [-0.3, -0.25) is 4.90 Å². The zero-order chi connectivity index (χ0) is 15.9. The first-order chi connectivity index (χ1) is 11.9. The Labute approximate surface area is 148 Å². The van der Waals surface area contributed by atoms with E-state index >= 15 is 0 Å². The number of nitrogens with zero attached hydrogens (tertiary/aromatic N) is 1. The Kier molecular flexibility index (Phi) is 3.79. The van der Waals surface area contributed by atoms with Crippen molar-refractivity contribution < 1.29 is 0 Å². The number of rotatable bonds is 2. The van der Waals surface area contributed by atoms with Crippen LogP contribution < -0.4 is 0 Å². The highest BCUT2D eigenvalue weighted by Crippen LogP contribution is 2.35. The quantitative estimate of drug-likeness (QED) is 0.837. The minimum Gasteiger partial charge on any atom is -0.361 e. The molecule has 0 saturated carbocycles. The Morgan fingerprint density at radius 3 is 3.04 bits per heavy atom. The Balaban J connectivity index is 1.55. The summed E-state index contributed by atoms with van der Waals surface area (Å²) in [6.45, 7) is 2.52. The lowest BCUT2D eigenvalue weighted by atomic mass is 9.94. The molecule has 0 bridgehead atoms. The summed E-state index contributed by atoms with van der Waals surface area (Å²) in [5.41, 5.74) is 7.21. The van der Waals surface area contributed by atoms with E-state index in [-0.39, 0.29) is 0 Å². The van der Waals surface area contributed by atoms with Crippen molar-refractivity contribution in [3.63, 3.8) is 0 Å². The zero-order valence-corrected chi connectivity index (χ0v) is 14.9. The van der Waals surface area contributed by atoms with Crippen molar-refractivity contribution in [2.24, 2.45) is 0 Å². The second kappa shape index (κ2) is 6.12. The van der Waals surface area contributed by atoms with Gasteiger partial charge in [-0.15, -0.1) is 0 Å². The number of nitrogens with one attached hydrogen (secondary N) is 1. The molecule has 2 aromatic rings. The summed E-state index contributed by atoms with van der Waals surface area (Å²) in [7, 11) is 0. The fourth-order valence-electron chi connectivity index (χ4n) is 4.50. The Bertz CT molecular complexity index is 829. The van der Waals surface area contributed by atoms with Crippen molar-refractivity contribution in [2.75, 3.05) is 24.6 Å². The summed E-state index contributed by atoms with van der Waals surface area (Å²) >= 11 is 2.04. The van der Waals surface area contributed by atoms with Crippen LogP contribution in [0.2, 0.25) is 0 Å². The highest BCUT2D eigenvalue weighted by Gasteiger charge is 2.27. The minimum atomic E-state index is 0.681. The molecular weight excluding hydrogens is 312 g/mol. The van der Waals surface area contributed by atoms with Gasteiger partial charge in [0.1, 0.15) is 0 Å². The predicted octanol–water partition coefficient (Wildman–Crippen LogP) is 4.94. The van der Waals surface area contributed by atoms with Gasteiger partial charge >= 0.3 is 0 Å². The van der Waals surface area contributed by atoms with Gasteiger partial charge < -0.3 is 4.98 Å². The largest absolute Gasteiger partial charge is 0.361 e. The van der Waals surface area contributed by atoms with Crippen molar-refractivity contribution >= 4 is 33.8 Å². The van der Waals surface area contributed by atoms with Crippen LogP contribution >= 0.6 is 11.8 Å². The molecule has 124 valence electrons. The molecule has 0 spiro atoms. The van der Waals surface area contributed by atoms with E-state index in [4.69, 9.17) is 0 Å². The molecule has 0 aliphatic carbocycles. The molecule has 0 unspecified atom stereocenters. The van der Waals surface area contributed by atoms with E-state index < -0.39 is 0 Å². The maximum Gasteiger partial charge on any atom is 0.0460 e. The fourth-order valence-corrected chi connectivity index (χ4v) is 5.35. The van der Waals surface area contributed by atoms with Crippen LogP contribution in [-0.2, 0) is 0 Å². The number of benzene rings is 1.